The third-order valence-corrected chi connectivity index (χ3v) is 2.67. The van der Waals surface area contributed by atoms with Gasteiger partial charge in [0.1, 0.15) is 5.82 Å². The van der Waals surface area contributed by atoms with Crippen molar-refractivity contribution >= 4 is 28.1 Å². The van der Waals surface area contributed by atoms with Crippen LogP contribution in [0.3, 0.4) is 0 Å². The molecule has 0 aliphatic carbocycles. The highest BCUT2D eigenvalue weighted by Crippen LogP contribution is 2.21. The summed E-state index contributed by atoms with van der Waals surface area (Å²) in [4.78, 5) is 8.24. The summed E-state index contributed by atoms with van der Waals surface area (Å²) in [6.07, 6.45) is 3.47. The Morgan fingerprint density at radius 1 is 0.889 bits per heavy atom. The average Bonchev–Trinajstić information content (AvgIpc) is 2.39. The molecule has 0 saturated heterocycles. The number of rotatable bonds is 2. The van der Waals surface area contributed by atoms with Gasteiger partial charge in [0.05, 0.1) is 5.52 Å². The van der Waals surface area contributed by atoms with Crippen LogP contribution in [0.1, 0.15) is 0 Å². The number of nitrogens with zero attached hydrogens (tertiary/aromatic N) is 2. The van der Waals surface area contributed by atoms with Crippen LogP contribution in [-0.4, -0.2) is 9.97 Å². The molecule has 3 N–H and O–H groups in total. The summed E-state index contributed by atoms with van der Waals surface area (Å²) in [5.41, 5.74) is 8.55. The molecule has 0 fully saturated rings. The van der Waals surface area contributed by atoms with Crippen molar-refractivity contribution in [3.63, 3.8) is 0 Å². The maximum Gasteiger partial charge on any atom is 0.125 e. The molecular formula is C14H12N4. The number of nitrogens with one attached hydrogen (secondary N) is 1. The first-order chi connectivity index (χ1) is 8.81. The summed E-state index contributed by atoms with van der Waals surface area (Å²) < 4.78 is 0. The number of hydrogen-bond donors (Lipinski definition) is 2. The van der Waals surface area contributed by atoms with E-state index in [2.05, 4.69) is 21.4 Å². The maximum absolute atomic E-state index is 5.64. The molecule has 3 rings (SSSR count). The van der Waals surface area contributed by atoms with Gasteiger partial charge in [0.25, 0.3) is 0 Å². The van der Waals surface area contributed by atoms with Crippen molar-refractivity contribution in [2.45, 2.75) is 0 Å². The van der Waals surface area contributed by atoms with Gasteiger partial charge in [-0.25, -0.2) is 4.98 Å². The Balaban J connectivity index is 1.95. The summed E-state index contributed by atoms with van der Waals surface area (Å²) in [5, 5.41) is 4.39. The minimum atomic E-state index is 0.502. The van der Waals surface area contributed by atoms with Crippen LogP contribution >= 0.6 is 0 Å². The monoisotopic (exact) mass is 236 g/mol. The normalized spacial score (nSPS) is 10.4. The molecule has 3 aromatic rings. The highest BCUT2D eigenvalue weighted by molar-refractivity contribution is 5.83. The minimum absolute atomic E-state index is 0.502. The molecule has 88 valence electrons. The molecule has 0 atom stereocenters. The van der Waals surface area contributed by atoms with Gasteiger partial charge >= 0.3 is 0 Å². The number of pyridine rings is 2. The van der Waals surface area contributed by atoms with Crippen molar-refractivity contribution in [2.75, 3.05) is 11.1 Å². The zero-order valence-corrected chi connectivity index (χ0v) is 9.67. The topological polar surface area (TPSA) is 63.8 Å². The van der Waals surface area contributed by atoms with Crippen molar-refractivity contribution in [1.29, 1.82) is 0 Å². The highest BCUT2D eigenvalue weighted by atomic mass is 14.9. The average molecular weight is 236 g/mol. The van der Waals surface area contributed by atoms with Crippen molar-refractivity contribution < 1.29 is 0 Å². The van der Waals surface area contributed by atoms with Crippen LogP contribution in [0.5, 0.6) is 0 Å². The number of hydrogen-bond acceptors (Lipinski definition) is 4. The fraction of sp³-hybridized carbons (Fsp3) is 0. The predicted octanol–water partition coefficient (Wildman–Crippen LogP) is 2.96. The first-order valence-electron chi connectivity index (χ1n) is 5.65. The first-order valence-corrected chi connectivity index (χ1v) is 5.65. The van der Waals surface area contributed by atoms with E-state index in [1.54, 1.807) is 18.5 Å². The predicted molar refractivity (Wildman–Crippen MR) is 73.7 cm³/mol. The van der Waals surface area contributed by atoms with Gasteiger partial charge in [-0.05, 0) is 30.3 Å². The van der Waals surface area contributed by atoms with E-state index in [-0.39, 0.29) is 0 Å². The van der Waals surface area contributed by atoms with Crippen LogP contribution in [0.2, 0.25) is 0 Å². The van der Waals surface area contributed by atoms with E-state index in [0.29, 0.717) is 5.82 Å². The molecular weight excluding hydrogens is 224 g/mol. The van der Waals surface area contributed by atoms with Gasteiger partial charge < -0.3 is 11.1 Å². The van der Waals surface area contributed by atoms with Crippen LogP contribution in [0, 0.1) is 0 Å². The van der Waals surface area contributed by atoms with Gasteiger partial charge in [0, 0.05) is 35.2 Å². The lowest BCUT2D eigenvalue weighted by molar-refractivity contribution is 1.33. The highest BCUT2D eigenvalue weighted by Gasteiger charge is 1.98. The first kappa shape index (κ1) is 10.5. The Kier molecular flexibility index (Phi) is 2.53. The van der Waals surface area contributed by atoms with Crippen molar-refractivity contribution in [3.8, 4) is 0 Å². The molecule has 0 aliphatic rings. The Bertz CT molecular complexity index is 694. The standard InChI is InChI=1S/C14H12N4/c15-14-9-12(5-7-17-14)18-11-3-4-13-10(8-11)2-1-6-16-13/h1-9H,(H3,15,17,18). The Labute approximate surface area is 104 Å². The molecule has 0 radical (unpaired) electrons. The van der Waals surface area contributed by atoms with Gasteiger partial charge in [-0.2, -0.15) is 0 Å². The van der Waals surface area contributed by atoms with Gasteiger partial charge in [-0.15, -0.1) is 0 Å². The fourth-order valence-corrected chi connectivity index (χ4v) is 1.85. The molecule has 4 nitrogen and oxygen atoms in total. The number of nitrogens with two attached hydrogens (primary N) is 1. The molecule has 4 heteroatoms. The van der Waals surface area contributed by atoms with E-state index in [0.717, 1.165) is 22.3 Å². The lowest BCUT2D eigenvalue weighted by Gasteiger charge is -2.07. The second-order valence-electron chi connectivity index (χ2n) is 4.01. The molecule has 0 bridgehead atoms. The second-order valence-corrected chi connectivity index (χ2v) is 4.01. The Morgan fingerprint density at radius 3 is 2.67 bits per heavy atom. The van der Waals surface area contributed by atoms with Gasteiger partial charge in [-0.1, -0.05) is 6.07 Å². The smallest absolute Gasteiger partial charge is 0.125 e. The van der Waals surface area contributed by atoms with Gasteiger partial charge in [-0.3, -0.25) is 4.98 Å². The molecule has 18 heavy (non-hydrogen) atoms. The lowest BCUT2D eigenvalue weighted by Crippen LogP contribution is -1.94. The van der Waals surface area contributed by atoms with Gasteiger partial charge in [0.15, 0.2) is 0 Å². The number of fused-ring (bicyclic) bond motifs is 1. The number of aromatic nitrogens is 2. The number of nitrogen functional groups attached to an aromatic ring is 1. The van der Waals surface area contributed by atoms with E-state index in [1.807, 2.05) is 30.3 Å². The zero-order valence-electron chi connectivity index (χ0n) is 9.67. The molecule has 0 unspecified atom stereocenters. The van der Waals surface area contributed by atoms with Crippen LogP contribution < -0.4 is 11.1 Å². The number of anilines is 3. The summed E-state index contributed by atoms with van der Waals surface area (Å²) in [5.74, 6) is 0.502. The quantitative estimate of drug-likeness (QED) is 0.718. The Hall–Kier alpha value is -2.62. The van der Waals surface area contributed by atoms with E-state index in [4.69, 9.17) is 5.73 Å². The van der Waals surface area contributed by atoms with Crippen LogP contribution in [0.4, 0.5) is 17.2 Å². The van der Waals surface area contributed by atoms with Crippen LogP contribution in [-0.2, 0) is 0 Å². The third kappa shape index (κ3) is 2.08. The van der Waals surface area contributed by atoms with Crippen LogP contribution in [0.25, 0.3) is 10.9 Å². The molecule has 0 spiro atoms. The molecule has 0 aliphatic heterocycles. The minimum Gasteiger partial charge on any atom is -0.384 e. The molecule has 2 heterocycles. The largest absolute Gasteiger partial charge is 0.384 e. The van der Waals surface area contributed by atoms with Crippen LogP contribution in [0.15, 0.2) is 54.9 Å². The molecule has 0 saturated carbocycles. The van der Waals surface area contributed by atoms with Crippen molar-refractivity contribution in [2.24, 2.45) is 0 Å². The zero-order chi connectivity index (χ0) is 12.4. The van der Waals surface area contributed by atoms with Crippen molar-refractivity contribution in [3.05, 3.63) is 54.9 Å². The van der Waals surface area contributed by atoms with E-state index in [9.17, 15) is 0 Å². The summed E-state index contributed by atoms with van der Waals surface area (Å²) >= 11 is 0. The fourth-order valence-electron chi connectivity index (χ4n) is 1.85. The van der Waals surface area contributed by atoms with E-state index >= 15 is 0 Å². The van der Waals surface area contributed by atoms with E-state index in [1.165, 1.54) is 0 Å². The summed E-state index contributed by atoms with van der Waals surface area (Å²) in [7, 11) is 0. The Morgan fingerprint density at radius 2 is 1.78 bits per heavy atom. The molecule has 1 aromatic carbocycles. The van der Waals surface area contributed by atoms with Gasteiger partial charge in [0.2, 0.25) is 0 Å². The maximum atomic E-state index is 5.64. The third-order valence-electron chi connectivity index (χ3n) is 2.67. The molecule has 2 aromatic heterocycles. The summed E-state index contributed by atoms with van der Waals surface area (Å²) in [6, 6.07) is 13.7. The molecule has 0 amide bonds. The van der Waals surface area contributed by atoms with E-state index < -0.39 is 0 Å². The van der Waals surface area contributed by atoms with Crippen molar-refractivity contribution in [1.82, 2.24) is 9.97 Å². The lowest BCUT2D eigenvalue weighted by atomic mass is 10.2. The summed E-state index contributed by atoms with van der Waals surface area (Å²) in [6.45, 7) is 0. The SMILES string of the molecule is Nc1cc(Nc2ccc3ncccc3c2)ccn1. The number of benzene rings is 1. The second kappa shape index (κ2) is 4.33.